The normalized spacial score (nSPS) is 22.0. The summed E-state index contributed by atoms with van der Waals surface area (Å²) in [6, 6.07) is 10.1. The molecule has 2 unspecified atom stereocenters. The molecule has 5 nitrogen and oxygen atoms in total. The molecule has 1 saturated carbocycles. The fourth-order valence-corrected chi connectivity index (χ4v) is 5.13. The van der Waals surface area contributed by atoms with E-state index in [0.717, 1.165) is 22.5 Å². The Hall–Kier alpha value is -2.18. The number of hydrogen-bond acceptors (Lipinski definition) is 5. The zero-order valence-corrected chi connectivity index (χ0v) is 20.7. The summed E-state index contributed by atoms with van der Waals surface area (Å²) >= 11 is 0. The number of anilines is 1. The number of furan rings is 1. The number of benzene rings is 1. The van der Waals surface area contributed by atoms with Crippen molar-refractivity contribution >= 4 is 12.8 Å². The second kappa shape index (κ2) is 9.59. The maximum Gasteiger partial charge on any atom is 0.490 e. The van der Waals surface area contributed by atoms with E-state index in [0.29, 0.717) is 5.92 Å². The number of methoxy groups -OCH3 is 1. The lowest BCUT2D eigenvalue weighted by Gasteiger charge is -2.38. The number of rotatable bonds is 8. The first-order valence-corrected chi connectivity index (χ1v) is 12.2. The van der Waals surface area contributed by atoms with E-state index >= 15 is 0 Å². The standard InChI is InChI=1S/C27H38BNO4/c1-19(28-32-26(2,3)27(4,5)33-28)24(20-10-8-7-9-11-20)25(21-16-17-31-18-21)29-22-12-14-23(30-6)15-13-22/h12-18,20,24-25,29H,1,7-11H2,2-6H3. The number of hydrogen-bond donors (Lipinski definition) is 1. The van der Waals surface area contributed by atoms with Crippen LogP contribution in [0.3, 0.4) is 0 Å². The van der Waals surface area contributed by atoms with Crippen LogP contribution in [0.1, 0.15) is 71.4 Å². The molecule has 2 aliphatic rings. The van der Waals surface area contributed by atoms with Crippen LogP contribution in [0.4, 0.5) is 5.69 Å². The Labute approximate surface area is 199 Å². The van der Waals surface area contributed by atoms with Gasteiger partial charge in [-0.2, -0.15) is 0 Å². The van der Waals surface area contributed by atoms with Gasteiger partial charge in [0.15, 0.2) is 0 Å². The van der Waals surface area contributed by atoms with Crippen molar-refractivity contribution in [3.05, 3.63) is 60.5 Å². The minimum Gasteiger partial charge on any atom is -0.497 e. The second-order valence-corrected chi connectivity index (χ2v) is 10.5. The van der Waals surface area contributed by atoms with Gasteiger partial charge in [0.2, 0.25) is 0 Å². The molecule has 2 aromatic rings. The molecule has 33 heavy (non-hydrogen) atoms. The Morgan fingerprint density at radius 1 is 1.03 bits per heavy atom. The van der Waals surface area contributed by atoms with Crippen molar-refractivity contribution in [2.24, 2.45) is 11.8 Å². The molecule has 2 heterocycles. The smallest absolute Gasteiger partial charge is 0.490 e. The summed E-state index contributed by atoms with van der Waals surface area (Å²) in [5, 5.41) is 3.79. The van der Waals surface area contributed by atoms with Crippen LogP contribution in [0, 0.1) is 11.8 Å². The van der Waals surface area contributed by atoms with Crippen molar-refractivity contribution in [2.75, 3.05) is 12.4 Å². The Morgan fingerprint density at radius 3 is 2.21 bits per heavy atom. The monoisotopic (exact) mass is 451 g/mol. The van der Waals surface area contributed by atoms with E-state index < -0.39 is 18.3 Å². The predicted octanol–water partition coefficient (Wildman–Crippen LogP) is 6.83. The molecule has 2 atom stereocenters. The Bertz CT molecular complexity index is 900. The first kappa shape index (κ1) is 24.0. The topological polar surface area (TPSA) is 52.9 Å². The Kier molecular flexibility index (Phi) is 6.97. The zero-order valence-electron chi connectivity index (χ0n) is 20.7. The molecule has 0 spiro atoms. The van der Waals surface area contributed by atoms with Crippen molar-refractivity contribution in [1.82, 2.24) is 0 Å². The zero-order chi connectivity index (χ0) is 23.6. The van der Waals surface area contributed by atoms with Gasteiger partial charge in [0.05, 0.1) is 36.9 Å². The summed E-state index contributed by atoms with van der Waals surface area (Å²) in [5.74, 6) is 1.47. The number of nitrogens with one attached hydrogen (secondary N) is 1. The van der Waals surface area contributed by atoms with Crippen molar-refractivity contribution in [2.45, 2.75) is 77.0 Å². The van der Waals surface area contributed by atoms with Crippen LogP contribution in [0.5, 0.6) is 5.75 Å². The highest BCUT2D eigenvalue weighted by atomic mass is 16.7. The van der Waals surface area contributed by atoms with Crippen LogP contribution in [-0.2, 0) is 9.31 Å². The van der Waals surface area contributed by atoms with Crippen molar-refractivity contribution in [1.29, 1.82) is 0 Å². The maximum absolute atomic E-state index is 6.46. The first-order valence-electron chi connectivity index (χ1n) is 12.2. The van der Waals surface area contributed by atoms with Gasteiger partial charge in [-0.25, -0.2) is 0 Å². The third kappa shape index (κ3) is 5.02. The van der Waals surface area contributed by atoms with E-state index in [2.05, 4.69) is 57.8 Å². The molecule has 0 bridgehead atoms. The van der Waals surface area contributed by atoms with Crippen LogP contribution < -0.4 is 10.1 Å². The van der Waals surface area contributed by atoms with Crippen LogP contribution in [0.15, 0.2) is 59.3 Å². The van der Waals surface area contributed by atoms with Crippen molar-refractivity contribution in [3.8, 4) is 5.75 Å². The molecule has 1 saturated heterocycles. The molecule has 1 aromatic carbocycles. The first-order chi connectivity index (χ1) is 15.7. The van der Waals surface area contributed by atoms with Crippen LogP contribution in [0.25, 0.3) is 0 Å². The van der Waals surface area contributed by atoms with Crippen molar-refractivity contribution in [3.63, 3.8) is 0 Å². The summed E-state index contributed by atoms with van der Waals surface area (Å²) in [4.78, 5) is 0. The van der Waals surface area contributed by atoms with E-state index in [1.165, 1.54) is 32.1 Å². The maximum atomic E-state index is 6.46. The van der Waals surface area contributed by atoms with Crippen LogP contribution >= 0.6 is 0 Å². The van der Waals surface area contributed by atoms with E-state index in [9.17, 15) is 0 Å². The van der Waals surface area contributed by atoms with Crippen LogP contribution in [-0.4, -0.2) is 25.4 Å². The van der Waals surface area contributed by atoms with Crippen LogP contribution in [0.2, 0.25) is 0 Å². The summed E-state index contributed by atoms with van der Waals surface area (Å²) in [6.07, 6.45) is 9.75. The molecule has 1 aliphatic carbocycles. The Morgan fingerprint density at radius 2 is 1.67 bits per heavy atom. The lowest BCUT2D eigenvalue weighted by Crippen LogP contribution is -2.41. The lowest BCUT2D eigenvalue weighted by atomic mass is 9.62. The van der Waals surface area contributed by atoms with E-state index in [4.69, 9.17) is 18.5 Å². The van der Waals surface area contributed by atoms with E-state index in [1.54, 1.807) is 13.4 Å². The van der Waals surface area contributed by atoms with Gasteiger partial charge in [0.1, 0.15) is 5.75 Å². The van der Waals surface area contributed by atoms with Gasteiger partial charge in [0.25, 0.3) is 0 Å². The molecular formula is C27H38BNO4. The quantitative estimate of drug-likeness (QED) is 0.446. The van der Waals surface area contributed by atoms with Gasteiger partial charge in [0, 0.05) is 17.2 Å². The van der Waals surface area contributed by atoms with E-state index in [1.807, 2.05) is 18.4 Å². The molecule has 2 fully saturated rings. The van der Waals surface area contributed by atoms with Gasteiger partial charge in [-0.15, -0.1) is 6.58 Å². The van der Waals surface area contributed by atoms with Gasteiger partial charge in [-0.3, -0.25) is 0 Å². The molecule has 1 aromatic heterocycles. The lowest BCUT2D eigenvalue weighted by molar-refractivity contribution is 0.00578. The van der Waals surface area contributed by atoms with Gasteiger partial charge >= 0.3 is 7.12 Å². The Balaban J connectivity index is 1.68. The second-order valence-electron chi connectivity index (χ2n) is 10.5. The molecule has 6 heteroatoms. The fourth-order valence-electron chi connectivity index (χ4n) is 5.13. The summed E-state index contributed by atoms with van der Waals surface area (Å²) in [6.45, 7) is 13.0. The average molecular weight is 451 g/mol. The minimum absolute atomic E-state index is 0.00762. The number of ether oxygens (including phenoxy) is 1. The predicted molar refractivity (Wildman–Crippen MR) is 133 cm³/mol. The highest BCUT2D eigenvalue weighted by Gasteiger charge is 2.54. The molecule has 4 rings (SSSR count). The summed E-state index contributed by atoms with van der Waals surface area (Å²) in [5.41, 5.74) is 2.36. The fraction of sp³-hybridized carbons (Fsp3) is 0.556. The average Bonchev–Trinajstić information content (AvgIpc) is 3.40. The SMILES string of the molecule is C=C(B1OC(C)(C)C(C)(C)O1)C(C1CCCCC1)C(Nc1ccc(OC)cc1)c1ccoc1. The molecular weight excluding hydrogens is 413 g/mol. The van der Waals surface area contributed by atoms with Gasteiger partial charge in [-0.05, 0) is 82.3 Å². The molecule has 178 valence electrons. The third-order valence-electron chi connectivity index (χ3n) is 7.82. The molecule has 0 radical (unpaired) electrons. The highest BCUT2D eigenvalue weighted by Crippen LogP contribution is 2.47. The molecule has 0 amide bonds. The largest absolute Gasteiger partial charge is 0.497 e. The van der Waals surface area contributed by atoms with E-state index in [-0.39, 0.29) is 12.0 Å². The molecule has 1 aliphatic heterocycles. The summed E-state index contributed by atoms with van der Waals surface area (Å²) < 4.78 is 23.8. The van der Waals surface area contributed by atoms with Gasteiger partial charge in [-0.1, -0.05) is 19.3 Å². The molecule has 1 N–H and O–H groups in total. The third-order valence-corrected chi connectivity index (χ3v) is 7.82. The summed E-state index contributed by atoms with van der Waals surface area (Å²) in [7, 11) is 1.25. The minimum atomic E-state index is -0.436. The van der Waals surface area contributed by atoms with Crippen molar-refractivity contribution < 1.29 is 18.5 Å². The van der Waals surface area contributed by atoms with Gasteiger partial charge < -0.3 is 23.8 Å². The highest BCUT2D eigenvalue weighted by molar-refractivity contribution is 6.54.